The zero-order valence-electron chi connectivity index (χ0n) is 16.6. The first-order chi connectivity index (χ1) is 15.0. The molecule has 2 aromatic carbocycles. The number of amides is 1. The number of carbonyl (C=O) groups is 1. The second kappa shape index (κ2) is 8.88. The van der Waals surface area contributed by atoms with Crippen molar-refractivity contribution < 1.29 is 18.8 Å². The number of nitrogens with one attached hydrogen (secondary N) is 2. The highest BCUT2D eigenvalue weighted by atomic mass is 32.1. The highest BCUT2D eigenvalue weighted by Crippen LogP contribution is 2.35. The van der Waals surface area contributed by atoms with Gasteiger partial charge in [-0.15, -0.1) is 11.3 Å². The quantitative estimate of drug-likeness (QED) is 0.281. The van der Waals surface area contributed by atoms with Gasteiger partial charge in [0.1, 0.15) is 23.9 Å². The molecule has 0 aliphatic rings. The number of amidine groups is 1. The van der Waals surface area contributed by atoms with Crippen LogP contribution in [0, 0.1) is 12.3 Å². The fraction of sp³-hybridized carbons (Fsp3) is 0.136. The van der Waals surface area contributed by atoms with Gasteiger partial charge >= 0.3 is 6.09 Å². The van der Waals surface area contributed by atoms with E-state index in [1.807, 2.05) is 54.6 Å². The number of aromatic nitrogens is 1. The first-order valence-corrected chi connectivity index (χ1v) is 10.3. The fourth-order valence-electron chi connectivity index (χ4n) is 3.00. The molecule has 0 aliphatic carbocycles. The summed E-state index contributed by atoms with van der Waals surface area (Å²) < 4.78 is 17.6. The Morgan fingerprint density at radius 3 is 2.77 bits per heavy atom. The smallest absolute Gasteiger partial charge is 0.411 e. The van der Waals surface area contributed by atoms with Gasteiger partial charge in [-0.05, 0) is 30.7 Å². The Morgan fingerprint density at radius 1 is 1.26 bits per heavy atom. The van der Waals surface area contributed by atoms with Crippen LogP contribution in [0.1, 0.15) is 22.3 Å². The molecular weight excluding hydrogens is 416 g/mol. The van der Waals surface area contributed by atoms with Crippen molar-refractivity contribution in [3.05, 3.63) is 77.0 Å². The van der Waals surface area contributed by atoms with Gasteiger partial charge in [-0.2, -0.15) is 0 Å². The lowest BCUT2D eigenvalue weighted by Gasteiger charge is -2.20. The molecule has 0 aliphatic heterocycles. The van der Waals surface area contributed by atoms with E-state index in [1.54, 1.807) is 6.92 Å². The van der Waals surface area contributed by atoms with Crippen molar-refractivity contribution in [2.45, 2.75) is 13.0 Å². The van der Waals surface area contributed by atoms with Crippen LogP contribution in [0.15, 0.2) is 65.3 Å². The molecule has 4 N–H and O–H groups in total. The van der Waals surface area contributed by atoms with Crippen LogP contribution in [0.5, 0.6) is 5.75 Å². The average Bonchev–Trinajstić information content (AvgIpc) is 3.38. The minimum Gasteiger partial charge on any atom is -0.481 e. The summed E-state index contributed by atoms with van der Waals surface area (Å²) in [4.78, 5) is 12.9. The number of thiophene rings is 1. The zero-order valence-corrected chi connectivity index (χ0v) is 17.4. The molecule has 158 valence electrons. The van der Waals surface area contributed by atoms with Crippen molar-refractivity contribution in [2.24, 2.45) is 5.73 Å². The monoisotopic (exact) mass is 436 g/mol. The van der Waals surface area contributed by atoms with E-state index in [-0.39, 0.29) is 12.4 Å². The molecule has 0 saturated heterocycles. The van der Waals surface area contributed by atoms with Crippen LogP contribution in [-0.4, -0.2) is 23.7 Å². The molecule has 1 amide bonds. The Labute approximate surface area is 182 Å². The van der Waals surface area contributed by atoms with Gasteiger partial charge in [0, 0.05) is 10.1 Å². The molecule has 1 unspecified atom stereocenters. The van der Waals surface area contributed by atoms with Gasteiger partial charge in [0.2, 0.25) is 0 Å². The number of anilines is 1. The van der Waals surface area contributed by atoms with Gasteiger partial charge < -0.3 is 19.7 Å². The van der Waals surface area contributed by atoms with Crippen molar-refractivity contribution in [3.63, 3.8) is 0 Å². The summed E-state index contributed by atoms with van der Waals surface area (Å²) in [7, 11) is 0. The Balaban J connectivity index is 1.55. The van der Waals surface area contributed by atoms with Crippen LogP contribution in [0.3, 0.4) is 0 Å². The largest absolute Gasteiger partial charge is 0.481 e. The molecule has 0 spiro atoms. The second-order valence-corrected chi connectivity index (χ2v) is 7.81. The summed E-state index contributed by atoms with van der Waals surface area (Å²) in [6.07, 6.45) is 0.233. The topological polar surface area (TPSA) is 123 Å². The maximum Gasteiger partial charge on any atom is 0.411 e. The fourth-order valence-corrected chi connectivity index (χ4v) is 3.94. The molecule has 2 aromatic heterocycles. The summed E-state index contributed by atoms with van der Waals surface area (Å²) in [5.74, 6) is 1.11. The molecule has 2 heterocycles. The summed E-state index contributed by atoms with van der Waals surface area (Å²) in [5.41, 5.74) is 6.95. The number of nitrogen functional groups attached to an aromatic ring is 1. The molecule has 4 aromatic rings. The average molecular weight is 436 g/mol. The van der Waals surface area contributed by atoms with Gasteiger partial charge in [0.05, 0.1) is 11.1 Å². The number of nitrogens with zero attached hydrogens (tertiary/aromatic N) is 1. The number of nitrogens with two attached hydrogens (primary N) is 1. The molecule has 0 bridgehead atoms. The third-order valence-corrected chi connectivity index (χ3v) is 5.71. The van der Waals surface area contributed by atoms with Crippen molar-refractivity contribution >= 4 is 39.0 Å². The summed E-state index contributed by atoms with van der Waals surface area (Å²) in [6, 6.07) is 17.0. The number of rotatable bonds is 7. The van der Waals surface area contributed by atoms with E-state index in [0.717, 1.165) is 15.6 Å². The number of hydrogen-bond acceptors (Lipinski definition) is 7. The van der Waals surface area contributed by atoms with E-state index in [2.05, 4.69) is 10.5 Å². The molecular formula is C22H20N4O4S. The standard InChI is InChI=1S/C22H20N4O4S/c1-13-16(11-25-30-13)26-22(27)28-12-18(14-6-3-2-4-7-14)29-17-8-5-9-19-15(17)10-20(31-19)21(23)24/h2-11,18H,12H2,1H3,(H3,23,24)(H,26,27). The second-order valence-electron chi connectivity index (χ2n) is 6.73. The van der Waals surface area contributed by atoms with Gasteiger partial charge in [0.15, 0.2) is 11.9 Å². The van der Waals surface area contributed by atoms with Crippen LogP contribution in [0.2, 0.25) is 0 Å². The number of hydrogen-bond donors (Lipinski definition) is 3. The maximum atomic E-state index is 12.2. The Hall–Kier alpha value is -3.85. The van der Waals surface area contributed by atoms with Crippen molar-refractivity contribution in [2.75, 3.05) is 11.9 Å². The van der Waals surface area contributed by atoms with Gasteiger partial charge in [-0.3, -0.25) is 10.7 Å². The molecule has 4 rings (SSSR count). The van der Waals surface area contributed by atoms with Crippen molar-refractivity contribution in [3.8, 4) is 5.75 Å². The molecule has 0 saturated carbocycles. The van der Waals surface area contributed by atoms with Crippen LogP contribution < -0.4 is 15.8 Å². The van der Waals surface area contributed by atoms with Crippen LogP contribution in [-0.2, 0) is 4.74 Å². The Morgan fingerprint density at radius 2 is 2.06 bits per heavy atom. The van der Waals surface area contributed by atoms with Gasteiger partial charge in [-0.1, -0.05) is 41.6 Å². The van der Waals surface area contributed by atoms with Crippen molar-refractivity contribution in [1.29, 1.82) is 5.41 Å². The predicted octanol–water partition coefficient (Wildman–Crippen LogP) is 4.85. The van der Waals surface area contributed by atoms with E-state index < -0.39 is 12.2 Å². The third kappa shape index (κ3) is 4.67. The molecule has 31 heavy (non-hydrogen) atoms. The molecule has 8 nitrogen and oxygen atoms in total. The number of benzene rings is 2. The predicted molar refractivity (Wildman–Crippen MR) is 119 cm³/mol. The molecule has 1 atom stereocenters. The van der Waals surface area contributed by atoms with Gasteiger partial charge in [-0.25, -0.2) is 4.79 Å². The molecule has 9 heteroatoms. The van der Waals surface area contributed by atoms with E-state index in [1.165, 1.54) is 17.5 Å². The van der Waals surface area contributed by atoms with Gasteiger partial charge in [0.25, 0.3) is 0 Å². The highest BCUT2D eigenvalue weighted by molar-refractivity contribution is 7.20. The van der Waals surface area contributed by atoms with Crippen LogP contribution >= 0.6 is 11.3 Å². The SMILES string of the molecule is Cc1oncc1NC(=O)OCC(Oc1cccc2sc(C(=N)N)cc12)c1ccccc1. The van der Waals surface area contributed by atoms with Crippen LogP contribution in [0.4, 0.5) is 10.5 Å². The summed E-state index contributed by atoms with van der Waals surface area (Å²) in [6.45, 7) is 1.68. The van der Waals surface area contributed by atoms with Crippen molar-refractivity contribution in [1.82, 2.24) is 5.16 Å². The van der Waals surface area contributed by atoms with E-state index >= 15 is 0 Å². The van der Waals surface area contributed by atoms with E-state index in [4.69, 9.17) is 25.1 Å². The Kier molecular flexibility index (Phi) is 5.85. The third-order valence-electron chi connectivity index (χ3n) is 4.58. The Bertz CT molecular complexity index is 1220. The van der Waals surface area contributed by atoms with E-state index in [0.29, 0.717) is 22.1 Å². The van der Waals surface area contributed by atoms with E-state index in [9.17, 15) is 4.79 Å². The first kappa shape index (κ1) is 20.4. The minimum atomic E-state index is -0.636. The zero-order chi connectivity index (χ0) is 21.8. The minimum absolute atomic E-state index is 0.00999. The number of ether oxygens (including phenoxy) is 2. The highest BCUT2D eigenvalue weighted by Gasteiger charge is 2.19. The molecule has 0 fully saturated rings. The maximum absolute atomic E-state index is 12.2. The number of fused-ring (bicyclic) bond motifs is 1. The lowest BCUT2D eigenvalue weighted by molar-refractivity contribution is 0.0910. The van der Waals surface area contributed by atoms with Crippen LogP contribution in [0.25, 0.3) is 10.1 Å². The first-order valence-electron chi connectivity index (χ1n) is 9.45. The lowest BCUT2D eigenvalue weighted by Crippen LogP contribution is -2.21. The number of aryl methyl sites for hydroxylation is 1. The lowest BCUT2D eigenvalue weighted by atomic mass is 10.1. The summed E-state index contributed by atoms with van der Waals surface area (Å²) in [5, 5.41) is 14.8. The normalized spacial score (nSPS) is 11.8. The summed E-state index contributed by atoms with van der Waals surface area (Å²) >= 11 is 1.42. The molecule has 0 radical (unpaired) electrons. The number of carbonyl (C=O) groups excluding carboxylic acids is 1.